The first kappa shape index (κ1) is 45.1. The smallest absolute Gasteiger partial charge is 0.233 e. The normalized spacial score (nSPS) is 13.5. The lowest BCUT2D eigenvalue weighted by Gasteiger charge is -2.25. The number of rotatable bonds is 18. The Morgan fingerprint density at radius 1 is 0.667 bits per heavy atom. The van der Waals surface area contributed by atoms with Gasteiger partial charge in [-0.05, 0) is 75.7 Å². The summed E-state index contributed by atoms with van der Waals surface area (Å²) in [7, 11) is 3.31. The predicted octanol–water partition coefficient (Wildman–Crippen LogP) is 15.0. The molecular weight excluding hydrogens is 938 g/mol. The number of fused-ring (bicyclic) bond motifs is 2. The van der Waals surface area contributed by atoms with E-state index in [1.54, 1.807) is 26.0 Å². The van der Waals surface area contributed by atoms with Crippen molar-refractivity contribution in [1.82, 2.24) is 23.7 Å². The molecule has 2 aromatic carbocycles. The molecule has 1 fully saturated rings. The van der Waals surface area contributed by atoms with Gasteiger partial charge in [0.2, 0.25) is 11.9 Å². The summed E-state index contributed by atoms with van der Waals surface area (Å²) in [6.45, 7) is 11.5. The molecule has 0 atom stereocenters. The van der Waals surface area contributed by atoms with Crippen molar-refractivity contribution in [2.45, 2.75) is 70.2 Å². The minimum absolute atomic E-state index is 0.318. The van der Waals surface area contributed by atoms with E-state index in [0.29, 0.717) is 76.6 Å². The number of thiophene rings is 2. The van der Waals surface area contributed by atoms with E-state index < -0.39 is 0 Å². The van der Waals surface area contributed by atoms with Crippen LogP contribution in [0.5, 0.6) is 11.5 Å². The second-order valence-electron chi connectivity index (χ2n) is 14.2. The first-order valence-corrected chi connectivity index (χ1v) is 25.5. The summed E-state index contributed by atoms with van der Waals surface area (Å²) in [6.07, 6.45) is 5.76. The van der Waals surface area contributed by atoms with Crippen molar-refractivity contribution in [3.63, 3.8) is 0 Å². The molecule has 0 bridgehead atoms. The summed E-state index contributed by atoms with van der Waals surface area (Å²) in [5.74, 6) is 1.94. The summed E-state index contributed by atoms with van der Waals surface area (Å²) < 4.78 is 20.9. The molecule has 1 saturated carbocycles. The maximum atomic E-state index is 6.54. The molecule has 22 heteroatoms. The van der Waals surface area contributed by atoms with Gasteiger partial charge in [-0.1, -0.05) is 54.2 Å². The highest BCUT2D eigenvalue weighted by molar-refractivity contribution is 7.99. The van der Waals surface area contributed by atoms with Gasteiger partial charge in [0.15, 0.2) is 15.2 Å². The van der Waals surface area contributed by atoms with Gasteiger partial charge in [-0.2, -0.15) is 23.7 Å². The number of anilines is 6. The number of aromatic nitrogens is 5. The van der Waals surface area contributed by atoms with E-state index in [2.05, 4.69) is 67.1 Å². The Balaban J connectivity index is 1.23. The lowest BCUT2D eigenvalue weighted by Crippen LogP contribution is -2.22. The minimum Gasteiger partial charge on any atom is -0.494 e. The van der Waals surface area contributed by atoms with Crippen LogP contribution in [0.15, 0.2) is 60.6 Å². The van der Waals surface area contributed by atoms with E-state index in [4.69, 9.17) is 57.9 Å². The zero-order valence-corrected chi connectivity index (χ0v) is 41.0. The Labute approximate surface area is 395 Å². The average molecular weight is 983 g/mol. The van der Waals surface area contributed by atoms with Crippen molar-refractivity contribution < 1.29 is 9.47 Å². The highest BCUT2D eigenvalue weighted by Crippen LogP contribution is 2.46. The molecular formula is C41H45Cl2N13O2S5. The molecule has 2 N–H and O–H groups in total. The predicted molar refractivity (Wildman–Crippen MR) is 266 cm³/mol. The highest BCUT2D eigenvalue weighted by Gasteiger charge is 2.23. The standard InChI is InChI=1S/C41H45Cl2N13O2S5/c1-7-55(8-2)29-16-25(27(18-31(29)57-5)49-51-35-33-23(42)20-59-37(33)53-62-35)44-39-46-40(48-41(47-39)61-22-14-12-11-13-15-22)45-26-17-30(56(9-3)10-4)32(58-6)19-28(26)50-52-36-34-24(43)21-60-38(34)54-63-36/h16-22H,7-15H2,1-6H3,(H2,44,45,46,47,48)/b51-49+,52-50+. The van der Waals surface area contributed by atoms with Crippen LogP contribution in [0.3, 0.4) is 0 Å². The Kier molecular flexibility index (Phi) is 14.8. The maximum Gasteiger partial charge on any atom is 0.233 e. The molecule has 15 nitrogen and oxygen atoms in total. The van der Waals surface area contributed by atoms with Gasteiger partial charge < -0.3 is 29.9 Å². The number of nitrogens with one attached hydrogen (secondary N) is 2. The van der Waals surface area contributed by atoms with Gasteiger partial charge in [0.25, 0.3) is 0 Å². The third-order valence-corrected chi connectivity index (χ3v) is 16.0. The fourth-order valence-corrected chi connectivity index (χ4v) is 12.6. The molecule has 8 rings (SSSR count). The van der Waals surface area contributed by atoms with Gasteiger partial charge in [-0.25, -0.2) is 0 Å². The molecule has 5 aromatic heterocycles. The minimum atomic E-state index is 0.318. The first-order valence-electron chi connectivity index (χ1n) is 20.5. The van der Waals surface area contributed by atoms with Gasteiger partial charge in [-0.15, -0.1) is 43.1 Å². The first-order chi connectivity index (χ1) is 30.7. The SMILES string of the molecule is CCN(CC)c1cc(Nc2nc(Nc3cc(N(CC)CC)c(OC)cc3/N=N/c3snc4scc(Cl)c34)nc(SC3CCCCC3)n2)c(/N=N/c2snc3scc(Cl)c23)cc1OC. The molecule has 5 heterocycles. The molecule has 0 spiro atoms. The van der Waals surface area contributed by atoms with E-state index in [9.17, 15) is 0 Å². The van der Waals surface area contributed by atoms with Crippen molar-refractivity contribution in [2.24, 2.45) is 20.5 Å². The molecule has 1 aliphatic rings. The summed E-state index contributed by atoms with van der Waals surface area (Å²) >= 11 is 20.2. The number of methoxy groups -OCH3 is 2. The van der Waals surface area contributed by atoms with Gasteiger partial charge in [-0.3, -0.25) is 0 Å². The van der Waals surface area contributed by atoms with Crippen LogP contribution in [0.1, 0.15) is 59.8 Å². The number of benzene rings is 2. The van der Waals surface area contributed by atoms with Crippen LogP contribution >= 0.6 is 80.7 Å². The second-order valence-corrected chi connectivity index (χ2v) is 19.5. The van der Waals surface area contributed by atoms with Crippen molar-refractivity contribution in [1.29, 1.82) is 0 Å². The molecule has 63 heavy (non-hydrogen) atoms. The van der Waals surface area contributed by atoms with E-state index in [0.717, 1.165) is 70.8 Å². The fourth-order valence-electron chi connectivity index (χ4n) is 7.30. The van der Waals surface area contributed by atoms with Gasteiger partial charge in [0, 0.05) is 54.3 Å². The quantitative estimate of drug-likeness (QED) is 0.0784. The molecule has 0 aliphatic heterocycles. The third-order valence-electron chi connectivity index (χ3n) is 10.5. The zero-order chi connectivity index (χ0) is 44.0. The topological polar surface area (TPSA) is 163 Å². The number of thioether (sulfide) groups is 1. The van der Waals surface area contributed by atoms with Crippen LogP contribution in [0.25, 0.3) is 20.4 Å². The Hall–Kier alpha value is -4.44. The lowest BCUT2D eigenvalue weighted by atomic mass is 10.0. The number of hydrogen-bond donors (Lipinski definition) is 2. The third kappa shape index (κ3) is 9.96. The molecule has 0 unspecified atom stereocenters. The van der Waals surface area contributed by atoms with Crippen LogP contribution in [0.4, 0.5) is 56.0 Å². The number of azo groups is 2. The van der Waals surface area contributed by atoms with E-state index in [1.807, 2.05) is 35.0 Å². The largest absolute Gasteiger partial charge is 0.494 e. The molecule has 0 radical (unpaired) electrons. The monoisotopic (exact) mass is 981 g/mol. The Bertz CT molecular complexity index is 2590. The summed E-state index contributed by atoms with van der Waals surface area (Å²) in [6, 6.07) is 7.74. The Morgan fingerprint density at radius 3 is 1.56 bits per heavy atom. The number of ether oxygens (including phenoxy) is 2. The van der Waals surface area contributed by atoms with Gasteiger partial charge in [0.1, 0.15) is 32.5 Å². The van der Waals surface area contributed by atoms with E-state index in [1.165, 1.54) is 65.0 Å². The number of nitrogens with zero attached hydrogens (tertiary/aromatic N) is 11. The molecule has 330 valence electrons. The lowest BCUT2D eigenvalue weighted by molar-refractivity contribution is 0.414. The molecule has 0 amide bonds. The van der Waals surface area contributed by atoms with Crippen molar-refractivity contribution >= 4 is 157 Å². The van der Waals surface area contributed by atoms with Crippen LogP contribution in [0, 0.1) is 0 Å². The summed E-state index contributed by atoms with van der Waals surface area (Å²) in [5, 5.41) is 34.5. The Morgan fingerprint density at radius 2 is 1.13 bits per heavy atom. The van der Waals surface area contributed by atoms with Crippen molar-refractivity contribution in [2.75, 3.05) is 60.8 Å². The number of halogens is 2. The molecule has 0 saturated heterocycles. The van der Waals surface area contributed by atoms with Crippen LogP contribution in [-0.2, 0) is 0 Å². The van der Waals surface area contributed by atoms with Crippen LogP contribution in [0.2, 0.25) is 10.0 Å². The molecule has 1 aliphatic carbocycles. The van der Waals surface area contributed by atoms with Gasteiger partial charge in [0.05, 0.1) is 57.8 Å². The fraction of sp³-hybridized carbons (Fsp3) is 0.390. The summed E-state index contributed by atoms with van der Waals surface area (Å²) in [5.41, 5.74) is 4.03. The zero-order valence-electron chi connectivity index (χ0n) is 35.4. The summed E-state index contributed by atoms with van der Waals surface area (Å²) in [4.78, 5) is 21.1. The highest BCUT2D eigenvalue weighted by atomic mass is 35.5. The van der Waals surface area contributed by atoms with E-state index >= 15 is 0 Å². The maximum absolute atomic E-state index is 6.54. The second kappa shape index (κ2) is 20.6. The number of hydrogen-bond acceptors (Lipinski definition) is 20. The van der Waals surface area contributed by atoms with Gasteiger partial charge >= 0.3 is 0 Å². The van der Waals surface area contributed by atoms with Crippen LogP contribution in [-0.4, -0.2) is 69.3 Å². The average Bonchev–Trinajstić information content (AvgIpc) is 4.09. The van der Waals surface area contributed by atoms with Crippen molar-refractivity contribution in [3.05, 3.63) is 45.1 Å². The van der Waals surface area contributed by atoms with Crippen LogP contribution < -0.4 is 29.9 Å². The molecule has 7 aromatic rings. The van der Waals surface area contributed by atoms with Crippen molar-refractivity contribution in [3.8, 4) is 11.5 Å². The van der Waals surface area contributed by atoms with E-state index in [-0.39, 0.29) is 0 Å².